The van der Waals surface area contributed by atoms with Crippen molar-refractivity contribution in [1.82, 2.24) is 20.1 Å². The second-order valence-corrected chi connectivity index (χ2v) is 9.74. The Kier molecular flexibility index (Phi) is 4.28. The lowest BCUT2D eigenvalue weighted by atomic mass is 9.89. The van der Waals surface area contributed by atoms with Gasteiger partial charge in [0.1, 0.15) is 11.3 Å². The number of nitrogens with zero attached hydrogens (tertiary/aromatic N) is 4. The van der Waals surface area contributed by atoms with Crippen molar-refractivity contribution < 1.29 is 9.62 Å². The van der Waals surface area contributed by atoms with Crippen molar-refractivity contribution in [2.45, 2.75) is 38.8 Å². The van der Waals surface area contributed by atoms with Crippen molar-refractivity contribution in [2.24, 2.45) is 0 Å². The second-order valence-electron chi connectivity index (χ2n) is 8.82. The summed E-state index contributed by atoms with van der Waals surface area (Å²) in [5.41, 5.74) is 2.43. The van der Waals surface area contributed by atoms with Gasteiger partial charge in [-0.15, -0.1) is 15.4 Å². The van der Waals surface area contributed by atoms with E-state index >= 15 is 0 Å². The molecular formula is C23H20BrN4O3. The summed E-state index contributed by atoms with van der Waals surface area (Å²) in [4.78, 5) is 12.5. The van der Waals surface area contributed by atoms with Crippen LogP contribution in [-0.2, 0) is 16.3 Å². The highest BCUT2D eigenvalue weighted by molar-refractivity contribution is 9.10. The average molecular weight is 480 g/mol. The first-order valence-electron chi connectivity index (χ1n) is 9.88. The molecule has 0 fully saturated rings. The molecule has 2 aromatic heterocycles. The van der Waals surface area contributed by atoms with Gasteiger partial charge in [-0.05, 0) is 69.2 Å². The Morgan fingerprint density at radius 3 is 2.48 bits per heavy atom. The molecule has 5 rings (SSSR count). The maximum absolute atomic E-state index is 12.8. The van der Waals surface area contributed by atoms with Crippen LogP contribution in [0.4, 0.5) is 0 Å². The molecule has 31 heavy (non-hydrogen) atoms. The van der Waals surface area contributed by atoms with Crippen molar-refractivity contribution in [3.8, 4) is 16.9 Å². The number of hydrogen-bond donors (Lipinski definition) is 0. The zero-order valence-corrected chi connectivity index (χ0v) is 19.1. The van der Waals surface area contributed by atoms with Crippen LogP contribution in [0.2, 0.25) is 0 Å². The normalized spacial score (nSPS) is 17.2. The number of halogens is 1. The summed E-state index contributed by atoms with van der Waals surface area (Å²) in [6, 6.07) is 13.1. The fourth-order valence-corrected chi connectivity index (χ4v) is 4.80. The van der Waals surface area contributed by atoms with Gasteiger partial charge in [0.15, 0.2) is 5.69 Å². The SMILES string of the molecule is CC1(C)c2ccc(-c3cn(-c4cc5cc(Br)ccc5oc4=O)nn3)cc2C(C)(C)N1[O]. The number of hydrogen-bond acceptors (Lipinski definition) is 5. The Morgan fingerprint density at radius 2 is 1.71 bits per heavy atom. The number of hydroxylamine groups is 2. The molecule has 8 heteroatoms. The lowest BCUT2D eigenvalue weighted by molar-refractivity contribution is -0.266. The molecule has 0 saturated heterocycles. The number of benzene rings is 2. The fraction of sp³-hybridized carbons (Fsp3) is 0.261. The maximum atomic E-state index is 12.8. The number of aromatic nitrogens is 3. The third-order valence-corrected chi connectivity index (χ3v) is 6.56. The van der Waals surface area contributed by atoms with Gasteiger partial charge in [0, 0.05) is 15.4 Å². The minimum absolute atomic E-state index is 0.276. The van der Waals surface area contributed by atoms with Crippen LogP contribution in [0.25, 0.3) is 27.9 Å². The number of rotatable bonds is 2. The van der Waals surface area contributed by atoms with Crippen molar-refractivity contribution in [2.75, 3.05) is 0 Å². The quantitative estimate of drug-likeness (QED) is 0.380. The summed E-state index contributed by atoms with van der Waals surface area (Å²) in [5, 5.41) is 23.2. The smallest absolute Gasteiger partial charge is 0.362 e. The minimum Gasteiger partial charge on any atom is -0.421 e. The molecule has 0 bridgehead atoms. The monoisotopic (exact) mass is 479 g/mol. The number of fused-ring (bicyclic) bond motifs is 2. The van der Waals surface area contributed by atoms with Gasteiger partial charge >= 0.3 is 5.63 Å². The van der Waals surface area contributed by atoms with Gasteiger partial charge in [-0.1, -0.05) is 33.3 Å². The standard InChI is InChI=1S/C23H20BrN4O3/c1-22(2)16-7-5-13(10-17(16)23(3,4)28(22)30)18-12-27(26-25-18)19-11-14-9-15(24)6-8-20(14)31-21(19)29/h5-12H,1-4H3. The fourth-order valence-electron chi connectivity index (χ4n) is 4.42. The molecule has 0 unspecified atom stereocenters. The maximum Gasteiger partial charge on any atom is 0.362 e. The molecular weight excluding hydrogens is 460 g/mol. The van der Waals surface area contributed by atoms with E-state index in [0.29, 0.717) is 11.3 Å². The van der Waals surface area contributed by atoms with Crippen molar-refractivity contribution in [1.29, 1.82) is 0 Å². The molecule has 7 nitrogen and oxygen atoms in total. The van der Waals surface area contributed by atoms with Gasteiger partial charge < -0.3 is 4.42 Å². The Morgan fingerprint density at radius 1 is 0.968 bits per heavy atom. The van der Waals surface area contributed by atoms with Crippen LogP contribution in [-0.4, -0.2) is 20.1 Å². The molecule has 1 radical (unpaired) electrons. The largest absolute Gasteiger partial charge is 0.421 e. The van der Waals surface area contributed by atoms with E-state index in [1.54, 1.807) is 18.3 Å². The lowest BCUT2D eigenvalue weighted by Gasteiger charge is -2.32. The van der Waals surface area contributed by atoms with E-state index in [4.69, 9.17) is 4.42 Å². The summed E-state index contributed by atoms with van der Waals surface area (Å²) in [7, 11) is 0. The first-order chi connectivity index (χ1) is 14.6. The average Bonchev–Trinajstić information content (AvgIpc) is 3.26. The third-order valence-electron chi connectivity index (χ3n) is 6.07. The molecule has 0 N–H and O–H groups in total. The first-order valence-corrected chi connectivity index (χ1v) is 10.7. The zero-order valence-electron chi connectivity index (χ0n) is 17.5. The molecule has 0 spiro atoms. The van der Waals surface area contributed by atoms with Crippen molar-refractivity contribution >= 4 is 26.9 Å². The molecule has 157 valence electrons. The van der Waals surface area contributed by atoms with Gasteiger partial charge in [-0.25, -0.2) is 9.48 Å². The summed E-state index contributed by atoms with van der Waals surface area (Å²) in [6.45, 7) is 7.71. The first kappa shape index (κ1) is 20.1. The van der Waals surface area contributed by atoms with Crippen molar-refractivity contribution in [3.05, 3.63) is 74.7 Å². The summed E-state index contributed by atoms with van der Waals surface area (Å²) in [6.07, 6.45) is 1.69. The Bertz CT molecular complexity index is 1400. The van der Waals surface area contributed by atoms with Crippen molar-refractivity contribution in [3.63, 3.8) is 0 Å². The van der Waals surface area contributed by atoms with E-state index in [0.717, 1.165) is 31.6 Å². The minimum atomic E-state index is -0.655. The van der Waals surface area contributed by atoms with Crippen LogP contribution in [0.3, 0.4) is 0 Å². The lowest BCUT2D eigenvalue weighted by Crippen LogP contribution is -2.41. The van der Waals surface area contributed by atoms with E-state index < -0.39 is 16.7 Å². The van der Waals surface area contributed by atoms with Gasteiger partial charge in [-0.3, -0.25) is 0 Å². The van der Waals surface area contributed by atoms with Gasteiger partial charge in [0.05, 0.1) is 17.3 Å². The second kappa shape index (κ2) is 6.59. The zero-order chi connectivity index (χ0) is 22.1. The van der Waals surface area contributed by atoms with Gasteiger partial charge in [0.2, 0.25) is 0 Å². The van der Waals surface area contributed by atoms with Crippen LogP contribution >= 0.6 is 15.9 Å². The molecule has 3 heterocycles. The van der Waals surface area contributed by atoms with Crippen LogP contribution in [0, 0.1) is 0 Å². The summed E-state index contributed by atoms with van der Waals surface area (Å²) >= 11 is 3.43. The van der Waals surface area contributed by atoms with Crippen LogP contribution in [0.5, 0.6) is 0 Å². The Balaban J connectivity index is 1.59. The molecule has 4 aromatic rings. The van der Waals surface area contributed by atoms with E-state index in [1.165, 1.54) is 4.68 Å². The molecule has 1 aliphatic heterocycles. The predicted octanol–water partition coefficient (Wildman–Crippen LogP) is 4.93. The molecule has 0 aliphatic carbocycles. The van der Waals surface area contributed by atoms with Crippen LogP contribution < -0.4 is 5.63 Å². The van der Waals surface area contributed by atoms with E-state index in [2.05, 4.69) is 26.2 Å². The van der Waals surface area contributed by atoms with Crippen LogP contribution in [0.15, 0.2) is 62.3 Å². The predicted molar refractivity (Wildman–Crippen MR) is 119 cm³/mol. The molecule has 0 saturated carbocycles. The highest BCUT2D eigenvalue weighted by atomic mass is 79.9. The topological polar surface area (TPSA) is 84.1 Å². The van der Waals surface area contributed by atoms with E-state index in [1.807, 2.05) is 58.0 Å². The van der Waals surface area contributed by atoms with Gasteiger partial charge in [0.25, 0.3) is 0 Å². The van der Waals surface area contributed by atoms with E-state index in [9.17, 15) is 10.0 Å². The Labute approximate surface area is 187 Å². The van der Waals surface area contributed by atoms with Crippen LogP contribution in [0.1, 0.15) is 38.8 Å². The molecule has 0 atom stereocenters. The summed E-state index contributed by atoms with van der Waals surface area (Å²) in [5.74, 6) is 0. The van der Waals surface area contributed by atoms with Gasteiger partial charge in [-0.2, -0.15) is 0 Å². The molecule has 0 amide bonds. The Hall–Kier alpha value is -2.81. The molecule has 2 aromatic carbocycles. The summed E-state index contributed by atoms with van der Waals surface area (Å²) < 4.78 is 7.74. The highest BCUT2D eigenvalue weighted by Crippen LogP contribution is 2.49. The third kappa shape index (κ3) is 2.97. The highest BCUT2D eigenvalue weighted by Gasteiger charge is 2.50. The molecule has 1 aliphatic rings. The van der Waals surface area contributed by atoms with E-state index in [-0.39, 0.29) is 5.69 Å².